The third-order valence-electron chi connectivity index (χ3n) is 0.810. The van der Waals surface area contributed by atoms with Crippen molar-refractivity contribution >= 4 is 7.60 Å². The van der Waals surface area contributed by atoms with E-state index >= 15 is 0 Å². The first-order valence-electron chi connectivity index (χ1n) is 3.14. The van der Waals surface area contributed by atoms with Crippen molar-refractivity contribution in [2.75, 3.05) is 19.6 Å². The summed E-state index contributed by atoms with van der Waals surface area (Å²) < 4.78 is 20.3. The molecule has 0 saturated carbocycles. The Morgan fingerprint density at radius 3 is 1.80 bits per heavy atom. The summed E-state index contributed by atoms with van der Waals surface area (Å²) in [6, 6.07) is 0. The second kappa shape index (κ2) is 4.85. The highest BCUT2D eigenvalue weighted by molar-refractivity contribution is 7.53. The summed E-state index contributed by atoms with van der Waals surface area (Å²) in [6.07, 6.45) is -0.797. The highest BCUT2D eigenvalue weighted by atomic mass is 31.2. The van der Waals surface area contributed by atoms with Gasteiger partial charge in [0.2, 0.25) is 0 Å². The van der Waals surface area contributed by atoms with E-state index in [0.29, 0.717) is 0 Å². The minimum Gasteiger partial charge on any atom is -0.307 e. The Kier molecular flexibility index (Phi) is 4.91. The van der Waals surface area contributed by atoms with Crippen molar-refractivity contribution < 1.29 is 18.7 Å². The molecule has 0 fully saturated rings. The van der Waals surface area contributed by atoms with Crippen molar-refractivity contribution in [3.63, 3.8) is 0 Å². The fourth-order valence-corrected chi connectivity index (χ4v) is 1.52. The molecule has 4 nitrogen and oxygen atoms in total. The van der Waals surface area contributed by atoms with Crippen LogP contribution >= 0.6 is 7.60 Å². The fraction of sp³-hybridized carbons (Fsp3) is 1.00. The molecule has 10 heavy (non-hydrogen) atoms. The Bertz CT molecular complexity index is 115. The van der Waals surface area contributed by atoms with Crippen LogP contribution in [0.4, 0.5) is 0 Å². The van der Waals surface area contributed by atoms with Crippen molar-refractivity contribution in [2.24, 2.45) is 0 Å². The van der Waals surface area contributed by atoms with Crippen LogP contribution < -0.4 is 0 Å². The van der Waals surface area contributed by atoms with E-state index in [1.807, 2.05) is 0 Å². The molecule has 0 rings (SSSR count). The van der Waals surface area contributed by atoms with E-state index in [-0.39, 0.29) is 13.2 Å². The van der Waals surface area contributed by atoms with Gasteiger partial charge in [-0.15, -0.1) is 0 Å². The summed E-state index contributed by atoms with van der Waals surface area (Å²) in [6.45, 7) is 3.84. The van der Waals surface area contributed by atoms with E-state index in [1.165, 1.54) is 0 Å². The van der Waals surface area contributed by atoms with Crippen LogP contribution in [0.15, 0.2) is 0 Å². The number of rotatable bonds is 5. The maximum Gasteiger partial charge on any atom is 0.359 e. The predicted molar refractivity (Wildman–Crippen MR) is 36.4 cm³/mol. The van der Waals surface area contributed by atoms with Gasteiger partial charge in [-0.25, -0.2) is 5.11 Å². The minimum absolute atomic E-state index is 0.250. The standard InChI is InChI=1S/C5H12O4P/c1-3-8-10(7,5-6)9-4-2/h3-5H2,1-2H3. The quantitative estimate of drug-likeness (QED) is 0.585. The first-order chi connectivity index (χ1) is 4.68. The molecule has 61 valence electrons. The lowest BCUT2D eigenvalue weighted by Gasteiger charge is -2.12. The van der Waals surface area contributed by atoms with Crippen LogP contribution in [0.5, 0.6) is 0 Å². The average molecular weight is 167 g/mol. The number of hydrogen-bond donors (Lipinski definition) is 0. The molecule has 0 aliphatic heterocycles. The smallest absolute Gasteiger partial charge is 0.307 e. The zero-order chi connectivity index (χ0) is 8.04. The van der Waals surface area contributed by atoms with Crippen LogP contribution in [-0.4, -0.2) is 19.6 Å². The average Bonchev–Trinajstić information content (AvgIpc) is 1.89. The van der Waals surface area contributed by atoms with Crippen LogP contribution in [0, 0.1) is 0 Å². The Morgan fingerprint density at radius 2 is 1.60 bits per heavy atom. The molecule has 5 heteroatoms. The molecule has 1 radical (unpaired) electrons. The van der Waals surface area contributed by atoms with Crippen molar-refractivity contribution in [3.8, 4) is 0 Å². The summed E-state index contributed by atoms with van der Waals surface area (Å²) in [4.78, 5) is 0. The van der Waals surface area contributed by atoms with Gasteiger partial charge in [0, 0.05) is 0 Å². The highest BCUT2D eigenvalue weighted by Gasteiger charge is 2.22. The molecule has 0 aromatic carbocycles. The second-order valence-electron chi connectivity index (χ2n) is 1.58. The molecule has 0 spiro atoms. The summed E-state index contributed by atoms with van der Waals surface area (Å²) in [5.74, 6) is 0. The molecule has 0 heterocycles. The van der Waals surface area contributed by atoms with Gasteiger partial charge < -0.3 is 9.05 Å². The Hall–Kier alpha value is 0.110. The molecule has 0 N–H and O–H groups in total. The predicted octanol–water partition coefficient (Wildman–Crippen LogP) is 1.64. The zero-order valence-corrected chi connectivity index (χ0v) is 7.10. The van der Waals surface area contributed by atoms with Gasteiger partial charge in [0.05, 0.1) is 13.2 Å². The van der Waals surface area contributed by atoms with E-state index in [2.05, 4.69) is 9.05 Å². The molecule has 0 aliphatic carbocycles. The Balaban J connectivity index is 3.83. The summed E-state index contributed by atoms with van der Waals surface area (Å²) >= 11 is 0. The Labute approximate surface area is 60.7 Å². The van der Waals surface area contributed by atoms with Crippen LogP contribution in [-0.2, 0) is 18.7 Å². The van der Waals surface area contributed by atoms with E-state index in [9.17, 15) is 9.67 Å². The van der Waals surface area contributed by atoms with Crippen molar-refractivity contribution in [2.45, 2.75) is 13.8 Å². The normalized spacial score (nSPS) is 11.9. The first kappa shape index (κ1) is 10.1. The molecular weight excluding hydrogens is 155 g/mol. The second-order valence-corrected chi connectivity index (χ2v) is 3.57. The van der Waals surface area contributed by atoms with Crippen molar-refractivity contribution in [1.82, 2.24) is 0 Å². The third-order valence-corrected chi connectivity index (χ3v) is 2.43. The van der Waals surface area contributed by atoms with Gasteiger partial charge in [-0.3, -0.25) is 4.57 Å². The van der Waals surface area contributed by atoms with E-state index in [0.717, 1.165) is 0 Å². The highest BCUT2D eigenvalue weighted by Crippen LogP contribution is 2.46. The molecule has 0 saturated heterocycles. The lowest BCUT2D eigenvalue weighted by Crippen LogP contribution is -1.97. The molecule has 0 amide bonds. The lowest BCUT2D eigenvalue weighted by molar-refractivity contribution is 0.163. The van der Waals surface area contributed by atoms with Gasteiger partial charge in [-0.2, -0.15) is 0 Å². The van der Waals surface area contributed by atoms with Crippen LogP contribution in [0.2, 0.25) is 0 Å². The number of hydrogen-bond acceptors (Lipinski definition) is 3. The topological polar surface area (TPSA) is 55.4 Å². The summed E-state index contributed by atoms with van der Waals surface area (Å²) in [7, 11) is -3.26. The maximum absolute atomic E-state index is 11.0. The monoisotopic (exact) mass is 167 g/mol. The van der Waals surface area contributed by atoms with Crippen LogP contribution in [0.1, 0.15) is 13.8 Å². The Morgan fingerprint density at radius 1 is 1.20 bits per heavy atom. The van der Waals surface area contributed by atoms with Gasteiger partial charge >= 0.3 is 7.60 Å². The zero-order valence-electron chi connectivity index (χ0n) is 6.20. The molecule has 0 aliphatic rings. The molecule has 0 aromatic rings. The molecule has 0 atom stereocenters. The summed E-state index contributed by atoms with van der Waals surface area (Å²) in [5, 5.41) is 10.2. The minimum atomic E-state index is -3.26. The van der Waals surface area contributed by atoms with Crippen molar-refractivity contribution in [3.05, 3.63) is 0 Å². The SMILES string of the molecule is CCOP(=O)(C[O])OCC. The van der Waals surface area contributed by atoms with Crippen LogP contribution in [0.25, 0.3) is 0 Å². The largest absolute Gasteiger partial charge is 0.359 e. The van der Waals surface area contributed by atoms with Gasteiger partial charge in [-0.05, 0) is 13.8 Å². The molecule has 0 unspecified atom stereocenters. The van der Waals surface area contributed by atoms with E-state index in [1.54, 1.807) is 13.8 Å². The molecule has 0 aromatic heterocycles. The lowest BCUT2D eigenvalue weighted by atomic mass is 10.9. The maximum atomic E-state index is 11.0. The third kappa shape index (κ3) is 3.32. The first-order valence-corrected chi connectivity index (χ1v) is 4.87. The molecule has 0 bridgehead atoms. The van der Waals surface area contributed by atoms with Gasteiger partial charge in [-0.1, -0.05) is 0 Å². The van der Waals surface area contributed by atoms with Crippen LogP contribution in [0.3, 0.4) is 0 Å². The van der Waals surface area contributed by atoms with E-state index < -0.39 is 13.9 Å². The summed E-state index contributed by atoms with van der Waals surface area (Å²) in [5.41, 5.74) is 0. The molecular formula is C5H12O4P. The van der Waals surface area contributed by atoms with Gasteiger partial charge in [0.15, 0.2) is 6.35 Å². The van der Waals surface area contributed by atoms with E-state index in [4.69, 9.17) is 0 Å². The van der Waals surface area contributed by atoms with Gasteiger partial charge in [0.1, 0.15) is 0 Å². The van der Waals surface area contributed by atoms with Crippen molar-refractivity contribution in [1.29, 1.82) is 0 Å². The van der Waals surface area contributed by atoms with Gasteiger partial charge in [0.25, 0.3) is 0 Å². The fourth-order valence-electron chi connectivity index (χ4n) is 0.505.